The van der Waals surface area contributed by atoms with Gasteiger partial charge in [0.15, 0.2) is 13.2 Å². The summed E-state index contributed by atoms with van der Waals surface area (Å²) in [6.45, 7) is 13.8. The van der Waals surface area contributed by atoms with Gasteiger partial charge in [0.05, 0.1) is 22.7 Å². The van der Waals surface area contributed by atoms with Crippen molar-refractivity contribution in [1.29, 1.82) is 0 Å². The van der Waals surface area contributed by atoms with Crippen LogP contribution in [0.5, 0.6) is 0 Å². The van der Waals surface area contributed by atoms with Crippen LogP contribution in [0.25, 0.3) is 0 Å². The van der Waals surface area contributed by atoms with Gasteiger partial charge in [0.2, 0.25) is 0 Å². The van der Waals surface area contributed by atoms with Gasteiger partial charge in [0, 0.05) is 25.7 Å². The van der Waals surface area contributed by atoms with E-state index in [0.717, 1.165) is 51.4 Å². The van der Waals surface area contributed by atoms with Crippen LogP contribution in [-0.4, -0.2) is 144 Å². The van der Waals surface area contributed by atoms with Crippen molar-refractivity contribution in [1.82, 2.24) is 0 Å². The molecule has 38 heteroatoms. The summed E-state index contributed by atoms with van der Waals surface area (Å²) >= 11 is 0. The summed E-state index contributed by atoms with van der Waals surface area (Å²) < 4.78 is 310. The summed E-state index contributed by atoms with van der Waals surface area (Å²) in [5.74, 6) is -17.6. The zero-order chi connectivity index (χ0) is 83.6. The predicted octanol–water partition coefficient (Wildman–Crippen LogP) is 20.6. The number of carbonyl (C=O) groups is 8. The van der Waals surface area contributed by atoms with E-state index >= 15 is 0 Å². The molecule has 4 aliphatic carbocycles. The normalized spacial score (nSPS) is 18.0. The molecular formula is C70H102F22O16. The lowest BCUT2D eigenvalue weighted by atomic mass is 9.89. The Morgan fingerprint density at radius 1 is 0.333 bits per heavy atom. The third-order valence-electron chi connectivity index (χ3n) is 19.6. The summed E-state index contributed by atoms with van der Waals surface area (Å²) in [6, 6.07) is 0. The monoisotopic (exact) mass is 1620 g/mol. The largest absolute Gasteiger partial charge is 0.459 e. The highest BCUT2D eigenvalue weighted by atomic mass is 19.4. The second-order valence-corrected chi connectivity index (χ2v) is 29.3. The molecule has 16 nitrogen and oxygen atoms in total. The van der Waals surface area contributed by atoms with E-state index in [2.05, 4.69) is 18.9 Å². The van der Waals surface area contributed by atoms with E-state index in [0.29, 0.717) is 89.9 Å². The van der Waals surface area contributed by atoms with Crippen LogP contribution < -0.4 is 0 Å². The highest BCUT2D eigenvalue weighted by Crippen LogP contribution is 2.46. The van der Waals surface area contributed by atoms with Gasteiger partial charge in [0.25, 0.3) is 12.2 Å². The van der Waals surface area contributed by atoms with Gasteiger partial charge >= 0.3 is 96.7 Å². The molecule has 0 heterocycles. The summed E-state index contributed by atoms with van der Waals surface area (Å²) in [6.07, 6.45) is -29.5. The van der Waals surface area contributed by atoms with Crippen LogP contribution in [-0.2, 0) is 76.3 Å². The lowest BCUT2D eigenvalue weighted by Gasteiger charge is -2.33. The second kappa shape index (κ2) is 41.7. The van der Waals surface area contributed by atoms with E-state index in [1.54, 1.807) is 41.5 Å². The van der Waals surface area contributed by atoms with E-state index in [-0.39, 0.29) is 75.1 Å². The first-order chi connectivity index (χ1) is 49.1. The predicted molar refractivity (Wildman–Crippen MR) is 340 cm³/mol. The molecule has 4 rings (SSSR count). The van der Waals surface area contributed by atoms with Crippen LogP contribution in [0, 0.1) is 22.7 Å². The van der Waals surface area contributed by atoms with Crippen LogP contribution in [0.2, 0.25) is 0 Å². The van der Waals surface area contributed by atoms with Crippen molar-refractivity contribution >= 4 is 47.8 Å². The molecule has 0 N–H and O–H groups in total. The number of ether oxygens (including phenoxy) is 8. The molecule has 0 spiro atoms. The minimum absolute atomic E-state index is 0.0327. The molecule has 0 radical (unpaired) electrons. The van der Waals surface area contributed by atoms with Crippen molar-refractivity contribution in [3.8, 4) is 0 Å². The molecule has 0 amide bonds. The topological polar surface area (TPSA) is 210 Å². The number of alkyl halides is 22. The zero-order valence-corrected chi connectivity index (χ0v) is 62.2. The van der Waals surface area contributed by atoms with Crippen LogP contribution in [0.3, 0.4) is 0 Å². The molecule has 108 heavy (non-hydrogen) atoms. The van der Waals surface area contributed by atoms with Crippen molar-refractivity contribution < 1.29 is 173 Å². The molecule has 0 bridgehead atoms. The van der Waals surface area contributed by atoms with Gasteiger partial charge < -0.3 is 37.9 Å². The summed E-state index contributed by atoms with van der Waals surface area (Å²) in [5.41, 5.74) is -4.39. The first-order valence-corrected chi connectivity index (χ1v) is 35.9. The molecule has 4 aliphatic rings. The van der Waals surface area contributed by atoms with Crippen molar-refractivity contribution in [2.75, 3.05) is 13.2 Å². The lowest BCUT2D eigenvalue weighted by Crippen LogP contribution is -2.45. The molecule has 2 atom stereocenters. The molecule has 4 saturated carbocycles. The lowest BCUT2D eigenvalue weighted by molar-refractivity contribution is -0.314. The van der Waals surface area contributed by atoms with E-state index in [1.807, 2.05) is 27.7 Å². The quantitative estimate of drug-likeness (QED) is 0.0333. The third-order valence-corrected chi connectivity index (χ3v) is 19.6. The Balaban J connectivity index is 0.000000720. The zero-order valence-electron chi connectivity index (χ0n) is 62.2. The van der Waals surface area contributed by atoms with Gasteiger partial charge in [-0.3, -0.25) is 38.4 Å². The van der Waals surface area contributed by atoms with Crippen molar-refractivity contribution in [3.63, 3.8) is 0 Å². The number of halogens is 22. The fraction of sp³-hybridized carbons (Fsp3) is 0.886. The van der Waals surface area contributed by atoms with Crippen molar-refractivity contribution in [2.24, 2.45) is 22.7 Å². The average Bonchev–Trinajstić information content (AvgIpc) is 1.73. The van der Waals surface area contributed by atoms with Crippen LogP contribution in [0.4, 0.5) is 96.6 Å². The van der Waals surface area contributed by atoms with Crippen LogP contribution >= 0.6 is 0 Å². The summed E-state index contributed by atoms with van der Waals surface area (Å²) in [5, 5.41) is 0. The molecule has 4 fully saturated rings. The Morgan fingerprint density at radius 2 is 0.546 bits per heavy atom. The highest BCUT2D eigenvalue weighted by Gasteiger charge is 2.62. The van der Waals surface area contributed by atoms with E-state index in [9.17, 15) is 135 Å². The Bertz CT molecular complexity index is 2780. The second-order valence-electron chi connectivity index (χ2n) is 29.3. The van der Waals surface area contributed by atoms with Gasteiger partial charge in [-0.25, -0.2) is 0 Å². The number of hydrogen-bond donors (Lipinski definition) is 0. The summed E-state index contributed by atoms with van der Waals surface area (Å²) in [7, 11) is 0. The van der Waals surface area contributed by atoms with Crippen LogP contribution in [0.1, 0.15) is 275 Å². The number of carbonyl (C=O) groups excluding carboxylic acids is 8. The van der Waals surface area contributed by atoms with Crippen molar-refractivity contribution in [3.05, 3.63) is 0 Å². The Morgan fingerprint density at radius 3 is 0.741 bits per heavy atom. The van der Waals surface area contributed by atoms with Gasteiger partial charge in [0.1, 0.15) is 22.4 Å². The molecule has 2 unspecified atom stereocenters. The van der Waals surface area contributed by atoms with E-state index in [4.69, 9.17) is 18.9 Å². The SMILES string of the molecule is CCC(C)(C)C(=O)OC1(CCCC(=O)OC(C(F)(F)F)C(F)(F)F)CCCC1.CCC(C)(C)C(=O)OC1(CCCC(=O)OCC(F)(F)C(F)(F)F)CCCC1.CCC(C)C(=O)OC1(CCCC(=O)OC(C(F)(F)F)C(F)(F)F)CCCC1.CCC(C)C(=O)OC1(CCCC(=O)OCC(F)(F)C(F)(F)F)CCCC1. The Kier molecular flexibility index (Phi) is 38.7. The Labute approximate surface area is 613 Å². The molecule has 0 aromatic rings. The number of hydrogen-bond acceptors (Lipinski definition) is 16. The molecule has 0 saturated heterocycles. The van der Waals surface area contributed by atoms with Gasteiger partial charge in [-0.1, -0.05) is 41.5 Å². The van der Waals surface area contributed by atoms with E-state index < -0.39 is 156 Å². The summed E-state index contributed by atoms with van der Waals surface area (Å²) in [4.78, 5) is 94.7. The molecule has 0 aromatic carbocycles. The maximum Gasteiger partial charge on any atom is 0.456 e. The third kappa shape index (κ3) is 34.1. The molecule has 0 aliphatic heterocycles. The molecule has 632 valence electrons. The highest BCUT2D eigenvalue weighted by molar-refractivity contribution is 5.77. The Hall–Kier alpha value is -5.78. The molecular weight excluding hydrogens is 1510 g/mol. The van der Waals surface area contributed by atoms with Gasteiger partial charge in [-0.2, -0.15) is 96.6 Å². The van der Waals surface area contributed by atoms with Crippen LogP contribution in [0.15, 0.2) is 0 Å². The van der Waals surface area contributed by atoms with E-state index in [1.165, 1.54) is 0 Å². The molecule has 0 aromatic heterocycles. The first-order valence-electron chi connectivity index (χ1n) is 35.9. The minimum Gasteiger partial charge on any atom is -0.459 e. The smallest absolute Gasteiger partial charge is 0.456 e. The number of rotatable bonds is 34. The van der Waals surface area contributed by atoms with Gasteiger partial charge in [-0.15, -0.1) is 0 Å². The maximum atomic E-state index is 12.7. The standard InChI is InChI=1S/C18H26F6O4.C18H27F5O4.C17H24F6O4.C17H25F5O4/c1-4-15(2,3)14(26)28-16(9-5-6-10-16)11-7-8-12(25)27-13(17(19,20)21)18(22,23)24;1-4-15(2,3)14(25)27-16(9-5-6-10-16)11-7-8-13(24)26-12-17(19,20)18(21,22)23;1-3-11(2)13(25)27-15(8-4-5-9-15)10-6-7-12(24)26-14(16(18,19)20)17(21,22)23;1-3-12(2)14(24)26-15(8-4-5-9-15)10-6-7-13(23)25-11-16(18,19)17(20,21)22/h13H,4-11H2,1-3H3;4-12H2,1-3H3;11,14H,3-10H2,1-2H3;12H,3-11H2,1-2H3. The average molecular weight is 1620 g/mol. The minimum atomic E-state index is -5.76. The number of esters is 8. The fourth-order valence-electron chi connectivity index (χ4n) is 11.5. The first kappa shape index (κ1) is 100. The fourth-order valence-corrected chi connectivity index (χ4v) is 11.5. The van der Waals surface area contributed by atoms with Crippen molar-refractivity contribution in [2.45, 2.75) is 358 Å². The maximum absolute atomic E-state index is 12.7. The van der Waals surface area contributed by atoms with Gasteiger partial charge in [-0.05, 0) is 207 Å².